The first-order valence-corrected chi connectivity index (χ1v) is 5.97. The Hall–Kier alpha value is -2.71. The van der Waals surface area contributed by atoms with Crippen LogP contribution in [0.1, 0.15) is 17.3 Å². The van der Waals surface area contributed by atoms with Crippen molar-refractivity contribution in [2.45, 2.75) is 6.92 Å². The number of carboxylic acids is 1. The van der Waals surface area contributed by atoms with E-state index < -0.39 is 33.9 Å². The normalized spacial score (nSPS) is 10.0. The number of carbonyl (C=O) groups is 2. The van der Waals surface area contributed by atoms with Gasteiger partial charge in [0.1, 0.15) is 17.1 Å². The highest BCUT2D eigenvalue weighted by Gasteiger charge is 2.24. The molecule has 0 aromatic heterocycles. The van der Waals surface area contributed by atoms with Crippen LogP contribution in [0.5, 0.6) is 0 Å². The highest BCUT2D eigenvalue weighted by Crippen LogP contribution is 2.30. The number of nitro benzene ring substituents is 1. The zero-order valence-corrected chi connectivity index (χ0v) is 11.4. The minimum absolute atomic E-state index is 0.172. The molecule has 1 rings (SSSR count). The van der Waals surface area contributed by atoms with Gasteiger partial charge in [-0.15, -0.1) is 0 Å². The molecule has 21 heavy (non-hydrogen) atoms. The summed E-state index contributed by atoms with van der Waals surface area (Å²) in [5.41, 5.74) is -1.55. The van der Waals surface area contributed by atoms with Crippen molar-refractivity contribution in [3.8, 4) is 0 Å². The van der Waals surface area contributed by atoms with Gasteiger partial charge in [-0.25, -0.2) is 9.18 Å². The van der Waals surface area contributed by atoms with Crippen LogP contribution in [0.2, 0.25) is 0 Å². The summed E-state index contributed by atoms with van der Waals surface area (Å²) in [4.78, 5) is 33.6. The number of benzene rings is 1. The fraction of sp³-hybridized carbons (Fsp3) is 0.333. The van der Waals surface area contributed by atoms with Crippen molar-refractivity contribution in [2.75, 3.05) is 25.0 Å². The number of rotatable bonds is 6. The van der Waals surface area contributed by atoms with Gasteiger partial charge in [0.15, 0.2) is 0 Å². The Labute approximate surface area is 119 Å². The van der Waals surface area contributed by atoms with Crippen molar-refractivity contribution in [3.05, 3.63) is 33.6 Å². The van der Waals surface area contributed by atoms with Gasteiger partial charge in [0.2, 0.25) is 5.91 Å². The van der Waals surface area contributed by atoms with Gasteiger partial charge in [0.25, 0.3) is 5.69 Å². The molecule has 8 nitrogen and oxygen atoms in total. The van der Waals surface area contributed by atoms with Crippen LogP contribution in [-0.2, 0) is 4.79 Å². The van der Waals surface area contributed by atoms with Gasteiger partial charge in [-0.05, 0) is 6.92 Å². The SMILES string of the molecule is CCNC(=O)CN(C)c1cc(F)c(C(=O)O)cc1[N+](=O)[O-]. The molecule has 0 fully saturated rings. The summed E-state index contributed by atoms with van der Waals surface area (Å²) in [5, 5.41) is 22.3. The molecule has 114 valence electrons. The average molecular weight is 299 g/mol. The maximum absolute atomic E-state index is 13.7. The molecule has 0 saturated carbocycles. The molecular weight excluding hydrogens is 285 g/mol. The van der Waals surface area contributed by atoms with E-state index in [1.54, 1.807) is 6.92 Å². The standard InChI is InChI=1S/C12H14FN3O5/c1-3-14-11(17)6-15(2)9-5-8(13)7(12(18)19)4-10(9)16(20)21/h4-5H,3,6H2,1-2H3,(H,14,17)(H,18,19). The van der Waals surface area contributed by atoms with E-state index in [0.717, 1.165) is 6.07 Å². The maximum Gasteiger partial charge on any atom is 0.338 e. The van der Waals surface area contributed by atoms with E-state index in [1.807, 2.05) is 0 Å². The number of hydrogen-bond donors (Lipinski definition) is 2. The number of anilines is 1. The first-order chi connectivity index (χ1) is 9.77. The van der Waals surface area contributed by atoms with Crippen LogP contribution in [0, 0.1) is 15.9 Å². The first kappa shape index (κ1) is 16.3. The topological polar surface area (TPSA) is 113 Å². The summed E-state index contributed by atoms with van der Waals surface area (Å²) in [6, 6.07) is 1.38. The number of nitro groups is 1. The predicted molar refractivity (Wildman–Crippen MR) is 72.0 cm³/mol. The summed E-state index contributed by atoms with van der Waals surface area (Å²) in [6.07, 6.45) is 0. The van der Waals surface area contributed by atoms with Crippen LogP contribution in [0.3, 0.4) is 0 Å². The lowest BCUT2D eigenvalue weighted by Crippen LogP contribution is -2.35. The van der Waals surface area contributed by atoms with Crippen LogP contribution < -0.4 is 10.2 Å². The molecule has 0 aliphatic carbocycles. The zero-order chi connectivity index (χ0) is 16.2. The van der Waals surface area contributed by atoms with Gasteiger partial charge < -0.3 is 15.3 Å². The molecule has 9 heteroatoms. The number of aromatic carboxylic acids is 1. The minimum atomic E-state index is -1.60. The number of nitrogens with one attached hydrogen (secondary N) is 1. The van der Waals surface area contributed by atoms with E-state index in [1.165, 1.54) is 11.9 Å². The van der Waals surface area contributed by atoms with Crippen LogP contribution in [0.25, 0.3) is 0 Å². The number of likely N-dealkylation sites (N-methyl/N-ethyl adjacent to an activating group) is 2. The number of hydrogen-bond acceptors (Lipinski definition) is 5. The Morgan fingerprint density at radius 3 is 2.57 bits per heavy atom. The molecule has 0 bridgehead atoms. The summed E-state index contributed by atoms with van der Waals surface area (Å²) in [7, 11) is 1.37. The summed E-state index contributed by atoms with van der Waals surface area (Å²) in [6.45, 7) is 1.88. The van der Waals surface area contributed by atoms with Gasteiger partial charge in [-0.2, -0.15) is 0 Å². The minimum Gasteiger partial charge on any atom is -0.478 e. The van der Waals surface area contributed by atoms with E-state index in [9.17, 15) is 24.1 Å². The Kier molecular flexibility index (Phi) is 5.17. The molecule has 0 heterocycles. The molecule has 0 saturated heterocycles. The Morgan fingerprint density at radius 2 is 2.10 bits per heavy atom. The second-order valence-corrected chi connectivity index (χ2v) is 4.19. The van der Waals surface area contributed by atoms with E-state index in [2.05, 4.69) is 5.32 Å². The smallest absolute Gasteiger partial charge is 0.338 e. The number of carbonyl (C=O) groups excluding carboxylic acids is 1. The summed E-state index contributed by atoms with van der Waals surface area (Å²) >= 11 is 0. The molecule has 0 atom stereocenters. The lowest BCUT2D eigenvalue weighted by Gasteiger charge is -2.19. The third kappa shape index (κ3) is 3.88. The fourth-order valence-corrected chi connectivity index (χ4v) is 1.72. The zero-order valence-electron chi connectivity index (χ0n) is 11.4. The number of carboxylic acid groups (broad SMARTS) is 1. The van der Waals surface area contributed by atoms with Crippen LogP contribution in [-0.4, -0.2) is 42.0 Å². The third-order valence-corrected chi connectivity index (χ3v) is 2.66. The maximum atomic E-state index is 13.7. The lowest BCUT2D eigenvalue weighted by molar-refractivity contribution is -0.384. The van der Waals surface area contributed by atoms with Crippen molar-refractivity contribution >= 4 is 23.3 Å². The predicted octanol–water partition coefficient (Wildman–Crippen LogP) is 1.00. The van der Waals surface area contributed by atoms with E-state index in [4.69, 9.17) is 5.11 Å². The number of nitrogens with zero attached hydrogens (tertiary/aromatic N) is 2. The van der Waals surface area contributed by atoms with E-state index in [0.29, 0.717) is 12.6 Å². The highest BCUT2D eigenvalue weighted by atomic mass is 19.1. The highest BCUT2D eigenvalue weighted by molar-refractivity contribution is 5.90. The molecule has 0 aliphatic rings. The van der Waals surface area contributed by atoms with Crippen LogP contribution in [0.15, 0.2) is 12.1 Å². The molecule has 1 aromatic carbocycles. The van der Waals surface area contributed by atoms with Gasteiger partial charge in [0.05, 0.1) is 11.5 Å². The Bertz CT molecular complexity index is 591. The second-order valence-electron chi connectivity index (χ2n) is 4.19. The molecule has 1 aromatic rings. The second kappa shape index (κ2) is 6.64. The van der Waals surface area contributed by atoms with Crippen LogP contribution >= 0.6 is 0 Å². The first-order valence-electron chi connectivity index (χ1n) is 5.97. The van der Waals surface area contributed by atoms with Crippen molar-refractivity contribution in [1.29, 1.82) is 0 Å². The molecule has 2 N–H and O–H groups in total. The van der Waals surface area contributed by atoms with Crippen molar-refractivity contribution < 1.29 is 24.0 Å². The van der Waals surface area contributed by atoms with Crippen molar-refractivity contribution in [1.82, 2.24) is 5.32 Å². The average Bonchev–Trinajstić information content (AvgIpc) is 2.37. The van der Waals surface area contributed by atoms with Crippen LogP contribution in [0.4, 0.5) is 15.8 Å². The van der Waals surface area contributed by atoms with E-state index in [-0.39, 0.29) is 12.2 Å². The summed E-state index contributed by atoms with van der Waals surface area (Å²) < 4.78 is 13.7. The monoisotopic (exact) mass is 299 g/mol. The van der Waals surface area contributed by atoms with Gasteiger partial charge in [-0.3, -0.25) is 14.9 Å². The fourth-order valence-electron chi connectivity index (χ4n) is 1.72. The molecule has 0 radical (unpaired) electrons. The molecule has 0 spiro atoms. The third-order valence-electron chi connectivity index (χ3n) is 2.66. The quantitative estimate of drug-likeness (QED) is 0.598. The summed E-state index contributed by atoms with van der Waals surface area (Å²) in [5.74, 6) is -3.10. The van der Waals surface area contributed by atoms with Gasteiger partial charge in [-0.1, -0.05) is 0 Å². The van der Waals surface area contributed by atoms with Gasteiger partial charge >= 0.3 is 5.97 Å². The Morgan fingerprint density at radius 1 is 1.48 bits per heavy atom. The number of amides is 1. The molecule has 1 amide bonds. The molecule has 0 unspecified atom stereocenters. The number of halogens is 1. The Balaban J connectivity index is 3.22. The van der Waals surface area contributed by atoms with Gasteiger partial charge in [0, 0.05) is 25.7 Å². The van der Waals surface area contributed by atoms with E-state index >= 15 is 0 Å². The lowest BCUT2D eigenvalue weighted by atomic mass is 10.1. The largest absolute Gasteiger partial charge is 0.478 e. The molecular formula is C12H14FN3O5. The van der Waals surface area contributed by atoms with Crippen molar-refractivity contribution in [3.63, 3.8) is 0 Å². The molecule has 0 aliphatic heterocycles. The van der Waals surface area contributed by atoms with Crippen molar-refractivity contribution in [2.24, 2.45) is 0 Å².